The minimum atomic E-state index is -0.00173. The van der Waals surface area contributed by atoms with E-state index in [1.807, 2.05) is 18.0 Å². The van der Waals surface area contributed by atoms with Crippen LogP contribution in [0.4, 0.5) is 0 Å². The molecule has 1 saturated heterocycles. The summed E-state index contributed by atoms with van der Waals surface area (Å²) in [6.45, 7) is 7.99. The van der Waals surface area contributed by atoms with Gasteiger partial charge in [-0.1, -0.05) is 44.2 Å². The number of likely N-dealkylation sites (tertiary alicyclic amines) is 1. The zero-order valence-corrected chi connectivity index (χ0v) is 13.4. The first-order valence-corrected chi connectivity index (χ1v) is 7.96. The highest BCUT2D eigenvalue weighted by Crippen LogP contribution is 2.24. The van der Waals surface area contributed by atoms with Gasteiger partial charge in [-0.15, -0.1) is 0 Å². The topological polar surface area (TPSA) is 35.6 Å². The van der Waals surface area contributed by atoms with E-state index in [0.29, 0.717) is 0 Å². The quantitative estimate of drug-likeness (QED) is 0.832. The molecule has 0 aromatic heterocycles. The Morgan fingerprint density at radius 1 is 1.29 bits per heavy atom. The highest BCUT2D eigenvalue weighted by Gasteiger charge is 2.33. The molecule has 1 aliphatic rings. The highest BCUT2D eigenvalue weighted by atomic mass is 16.2. The van der Waals surface area contributed by atoms with E-state index in [0.717, 1.165) is 32.6 Å². The van der Waals surface area contributed by atoms with E-state index in [1.165, 1.54) is 5.56 Å². The average Bonchev–Trinajstić information content (AvgIpc) is 2.88. The minimum absolute atomic E-state index is 0.00173. The van der Waals surface area contributed by atoms with Crippen LogP contribution in [0.2, 0.25) is 0 Å². The molecule has 0 bridgehead atoms. The van der Waals surface area contributed by atoms with Gasteiger partial charge in [0.15, 0.2) is 0 Å². The number of carbonyl (C=O) groups excluding carboxylic acids is 1. The fraction of sp³-hybridized carbons (Fsp3) is 0.588. The number of likely N-dealkylation sites (N-methyl/N-ethyl adjacent to an activating group) is 2. The van der Waals surface area contributed by atoms with E-state index < -0.39 is 0 Å². The number of rotatable bonds is 7. The molecule has 2 atom stereocenters. The van der Waals surface area contributed by atoms with Gasteiger partial charge in [0.2, 0.25) is 5.91 Å². The maximum Gasteiger partial charge on any atom is 0.239 e. The SMILES string of the molecule is CCN(CC)C(CN1CCC(NC)C1=O)c1ccccc1. The van der Waals surface area contributed by atoms with Gasteiger partial charge >= 0.3 is 0 Å². The summed E-state index contributed by atoms with van der Waals surface area (Å²) in [6, 6.07) is 10.8. The Morgan fingerprint density at radius 2 is 1.95 bits per heavy atom. The molecule has 4 nitrogen and oxygen atoms in total. The molecule has 1 aromatic carbocycles. The maximum absolute atomic E-state index is 12.3. The van der Waals surface area contributed by atoms with Crippen LogP contribution < -0.4 is 5.32 Å². The Kier molecular flexibility index (Phi) is 5.76. The van der Waals surface area contributed by atoms with Crippen molar-refractivity contribution in [1.82, 2.24) is 15.1 Å². The van der Waals surface area contributed by atoms with Crippen molar-refractivity contribution in [3.63, 3.8) is 0 Å². The van der Waals surface area contributed by atoms with E-state index in [-0.39, 0.29) is 18.0 Å². The molecule has 0 radical (unpaired) electrons. The number of nitrogens with zero attached hydrogens (tertiary/aromatic N) is 2. The second-order valence-corrected chi connectivity index (χ2v) is 5.56. The fourth-order valence-corrected chi connectivity index (χ4v) is 3.17. The van der Waals surface area contributed by atoms with Crippen molar-refractivity contribution in [1.29, 1.82) is 0 Å². The molecule has 1 fully saturated rings. The van der Waals surface area contributed by atoms with Crippen LogP contribution in [-0.2, 0) is 4.79 Å². The van der Waals surface area contributed by atoms with Crippen molar-refractivity contribution in [2.75, 3.05) is 33.2 Å². The molecule has 1 aromatic rings. The predicted molar refractivity (Wildman–Crippen MR) is 86.1 cm³/mol. The molecule has 0 spiro atoms. The third kappa shape index (κ3) is 3.63. The summed E-state index contributed by atoms with van der Waals surface area (Å²) in [6.07, 6.45) is 0.912. The van der Waals surface area contributed by atoms with Crippen molar-refractivity contribution in [2.45, 2.75) is 32.4 Å². The number of nitrogens with one attached hydrogen (secondary N) is 1. The van der Waals surface area contributed by atoms with Crippen molar-refractivity contribution >= 4 is 5.91 Å². The zero-order valence-electron chi connectivity index (χ0n) is 13.4. The van der Waals surface area contributed by atoms with Gasteiger partial charge in [0, 0.05) is 13.1 Å². The van der Waals surface area contributed by atoms with Gasteiger partial charge in [0.05, 0.1) is 12.1 Å². The summed E-state index contributed by atoms with van der Waals surface area (Å²) in [5.41, 5.74) is 1.29. The third-order valence-electron chi connectivity index (χ3n) is 4.48. The van der Waals surface area contributed by atoms with E-state index >= 15 is 0 Å². The Bertz CT molecular complexity index is 445. The van der Waals surface area contributed by atoms with E-state index in [4.69, 9.17) is 0 Å². The van der Waals surface area contributed by atoms with E-state index in [2.05, 4.69) is 48.3 Å². The van der Waals surface area contributed by atoms with Gasteiger partial charge in [-0.05, 0) is 32.1 Å². The van der Waals surface area contributed by atoms with Gasteiger partial charge in [0.25, 0.3) is 0 Å². The van der Waals surface area contributed by atoms with Gasteiger partial charge < -0.3 is 10.2 Å². The number of benzene rings is 1. The molecule has 116 valence electrons. The van der Waals surface area contributed by atoms with Crippen molar-refractivity contribution < 1.29 is 4.79 Å². The Hall–Kier alpha value is -1.39. The second kappa shape index (κ2) is 7.57. The average molecular weight is 289 g/mol. The molecule has 4 heteroatoms. The number of hydrogen-bond acceptors (Lipinski definition) is 3. The summed E-state index contributed by atoms with van der Waals surface area (Å²) < 4.78 is 0. The summed E-state index contributed by atoms with van der Waals surface area (Å²) in [5, 5.41) is 3.11. The van der Waals surface area contributed by atoms with Gasteiger partial charge in [-0.25, -0.2) is 0 Å². The molecule has 2 rings (SSSR count). The summed E-state index contributed by atoms with van der Waals surface area (Å²) in [7, 11) is 1.87. The van der Waals surface area contributed by atoms with E-state index in [9.17, 15) is 4.79 Å². The molecule has 2 unspecified atom stereocenters. The third-order valence-corrected chi connectivity index (χ3v) is 4.48. The lowest BCUT2D eigenvalue weighted by Crippen LogP contribution is -2.42. The van der Waals surface area contributed by atoms with Crippen LogP contribution in [-0.4, -0.2) is 55.0 Å². The van der Waals surface area contributed by atoms with Crippen LogP contribution >= 0.6 is 0 Å². The first-order chi connectivity index (χ1) is 10.2. The largest absolute Gasteiger partial charge is 0.339 e. The Morgan fingerprint density at radius 3 is 2.48 bits per heavy atom. The summed E-state index contributed by atoms with van der Waals surface area (Å²) >= 11 is 0. The monoisotopic (exact) mass is 289 g/mol. The molecule has 1 aliphatic heterocycles. The van der Waals surface area contributed by atoms with Crippen LogP contribution in [0.5, 0.6) is 0 Å². The molecule has 0 aliphatic carbocycles. The molecular weight excluding hydrogens is 262 g/mol. The molecule has 1 heterocycles. The number of hydrogen-bond donors (Lipinski definition) is 1. The highest BCUT2D eigenvalue weighted by molar-refractivity contribution is 5.84. The number of amides is 1. The fourth-order valence-electron chi connectivity index (χ4n) is 3.17. The van der Waals surface area contributed by atoms with Crippen LogP contribution in [0.1, 0.15) is 31.9 Å². The maximum atomic E-state index is 12.3. The summed E-state index contributed by atoms with van der Waals surface area (Å²) in [4.78, 5) is 16.8. The smallest absolute Gasteiger partial charge is 0.239 e. The number of carbonyl (C=O) groups is 1. The zero-order chi connectivity index (χ0) is 15.2. The molecule has 1 amide bonds. The lowest BCUT2D eigenvalue weighted by molar-refractivity contribution is -0.130. The van der Waals surface area contributed by atoms with Crippen molar-refractivity contribution in [2.24, 2.45) is 0 Å². The van der Waals surface area contributed by atoms with Crippen LogP contribution in [0, 0.1) is 0 Å². The standard InChI is InChI=1S/C17H27N3O/c1-4-19(5-2)16(14-9-7-6-8-10-14)13-20-12-11-15(18-3)17(20)21/h6-10,15-16,18H,4-5,11-13H2,1-3H3. The molecule has 0 saturated carbocycles. The van der Waals surface area contributed by atoms with Crippen molar-refractivity contribution in [3.8, 4) is 0 Å². The van der Waals surface area contributed by atoms with E-state index in [1.54, 1.807) is 0 Å². The normalized spacial score (nSPS) is 20.3. The van der Waals surface area contributed by atoms with Gasteiger partial charge in [0.1, 0.15) is 0 Å². The lowest BCUT2D eigenvalue weighted by Gasteiger charge is -2.33. The van der Waals surface area contributed by atoms with Crippen molar-refractivity contribution in [3.05, 3.63) is 35.9 Å². The minimum Gasteiger partial charge on any atom is -0.339 e. The van der Waals surface area contributed by atoms with Gasteiger partial charge in [-0.2, -0.15) is 0 Å². The lowest BCUT2D eigenvalue weighted by atomic mass is 10.0. The second-order valence-electron chi connectivity index (χ2n) is 5.56. The van der Waals surface area contributed by atoms with Crippen LogP contribution in [0.25, 0.3) is 0 Å². The summed E-state index contributed by atoms with van der Waals surface area (Å²) in [5.74, 6) is 0.241. The Balaban J connectivity index is 2.15. The predicted octanol–water partition coefficient (Wildman–Crippen LogP) is 1.89. The first kappa shape index (κ1) is 16.0. The molecular formula is C17H27N3O. The molecule has 1 N–H and O–H groups in total. The Labute approximate surface area is 128 Å². The van der Waals surface area contributed by atoms with Crippen LogP contribution in [0.3, 0.4) is 0 Å². The first-order valence-electron chi connectivity index (χ1n) is 7.96. The van der Waals surface area contributed by atoms with Gasteiger partial charge in [-0.3, -0.25) is 9.69 Å². The molecule has 21 heavy (non-hydrogen) atoms. The van der Waals surface area contributed by atoms with Crippen LogP contribution in [0.15, 0.2) is 30.3 Å².